The molecule has 9 nitrogen and oxygen atoms in total. The highest BCUT2D eigenvalue weighted by Crippen LogP contribution is 2.36. The highest BCUT2D eigenvalue weighted by atomic mass is 35.5. The van der Waals surface area contributed by atoms with E-state index in [0.29, 0.717) is 13.1 Å². The Hall–Kier alpha value is -3.42. The Morgan fingerprint density at radius 3 is 2.51 bits per heavy atom. The van der Waals surface area contributed by atoms with Crippen molar-refractivity contribution in [1.82, 2.24) is 24.6 Å². The summed E-state index contributed by atoms with van der Waals surface area (Å²) in [5, 5.41) is 8.84. The van der Waals surface area contributed by atoms with Crippen LogP contribution in [0.3, 0.4) is 0 Å². The summed E-state index contributed by atoms with van der Waals surface area (Å²) in [6.45, 7) is 3.53. The van der Waals surface area contributed by atoms with Crippen LogP contribution in [0.2, 0.25) is 5.02 Å². The van der Waals surface area contributed by atoms with Gasteiger partial charge in [-0.15, -0.1) is 12.4 Å². The van der Waals surface area contributed by atoms with Crippen molar-refractivity contribution in [1.29, 1.82) is 0 Å². The van der Waals surface area contributed by atoms with E-state index < -0.39 is 30.1 Å². The number of carbonyl (C=O) groups is 2. The Morgan fingerprint density at radius 1 is 1.18 bits per heavy atom. The minimum atomic E-state index is -4.83. The molecular weight excluding hydrogens is 565 g/mol. The third kappa shape index (κ3) is 8.04. The zero-order valence-electron chi connectivity index (χ0n) is 20.8. The van der Waals surface area contributed by atoms with Crippen LogP contribution in [0.25, 0.3) is 11.3 Å². The lowest BCUT2D eigenvalue weighted by atomic mass is 10.1. The van der Waals surface area contributed by atoms with Crippen molar-refractivity contribution in [3.05, 3.63) is 65.1 Å². The number of imidazole rings is 1. The first-order valence-corrected chi connectivity index (χ1v) is 11.9. The van der Waals surface area contributed by atoms with Gasteiger partial charge in [-0.1, -0.05) is 24.6 Å². The van der Waals surface area contributed by atoms with E-state index >= 15 is 0 Å². The van der Waals surface area contributed by atoms with Crippen LogP contribution in [0.1, 0.15) is 45.9 Å². The second kappa shape index (κ2) is 13.6. The standard InChI is InChI=1S/C24H26ClF4N7O2.ClH/c1-14(26)12-36-13-17(20(34-36)24(27,28)29)19-11-32-21(35(19)2)23(38)33-15-6-7-16(18(25)10-15)22(37)31-9-5-3-4-8-30;/h6-7,10-11,13H,1,3-5,8-9,12,30H2,2H3,(H,31,37)(H,33,38);1H. The third-order valence-corrected chi connectivity index (χ3v) is 5.78. The van der Waals surface area contributed by atoms with Crippen molar-refractivity contribution >= 4 is 41.5 Å². The predicted octanol–water partition coefficient (Wildman–Crippen LogP) is 4.97. The molecular formula is C24H27Cl2F4N7O2. The zero-order valence-corrected chi connectivity index (χ0v) is 22.4. The average Bonchev–Trinajstić information content (AvgIpc) is 3.41. The van der Waals surface area contributed by atoms with Gasteiger partial charge in [0.1, 0.15) is 5.83 Å². The van der Waals surface area contributed by atoms with E-state index in [1.165, 1.54) is 25.2 Å². The van der Waals surface area contributed by atoms with Crippen molar-refractivity contribution in [3.8, 4) is 11.3 Å². The summed E-state index contributed by atoms with van der Waals surface area (Å²) in [5.41, 5.74) is 4.21. The lowest BCUT2D eigenvalue weighted by Gasteiger charge is -2.10. The van der Waals surface area contributed by atoms with Gasteiger partial charge in [-0.25, -0.2) is 9.37 Å². The summed E-state index contributed by atoms with van der Waals surface area (Å²) in [4.78, 5) is 29.2. The van der Waals surface area contributed by atoms with Crippen molar-refractivity contribution in [2.45, 2.75) is 32.0 Å². The molecule has 2 heterocycles. The van der Waals surface area contributed by atoms with Gasteiger partial charge in [-0.3, -0.25) is 14.3 Å². The van der Waals surface area contributed by atoms with Gasteiger partial charge in [0.2, 0.25) is 0 Å². The number of nitrogens with two attached hydrogens (primary N) is 1. The summed E-state index contributed by atoms with van der Waals surface area (Å²) in [6.07, 6.45) is -0.211. The van der Waals surface area contributed by atoms with Crippen molar-refractivity contribution in [2.24, 2.45) is 12.8 Å². The normalized spacial score (nSPS) is 11.2. The highest BCUT2D eigenvalue weighted by molar-refractivity contribution is 6.34. The Labute approximate surface area is 232 Å². The molecule has 1 aromatic carbocycles. The number of unbranched alkanes of at least 4 members (excludes halogenated alkanes) is 2. The van der Waals surface area contributed by atoms with E-state index in [9.17, 15) is 27.2 Å². The molecule has 0 aliphatic rings. The molecule has 4 N–H and O–H groups in total. The lowest BCUT2D eigenvalue weighted by molar-refractivity contribution is -0.141. The fraction of sp³-hybridized carbons (Fsp3) is 0.333. The number of halogens is 6. The van der Waals surface area contributed by atoms with E-state index in [2.05, 4.69) is 27.3 Å². The molecule has 0 saturated carbocycles. The Kier molecular flexibility index (Phi) is 11.1. The van der Waals surface area contributed by atoms with Crippen LogP contribution in [0, 0.1) is 0 Å². The first-order valence-electron chi connectivity index (χ1n) is 11.5. The molecule has 0 aliphatic heterocycles. The summed E-state index contributed by atoms with van der Waals surface area (Å²) in [5.74, 6) is -2.18. The molecule has 0 fully saturated rings. The minimum absolute atomic E-state index is 0. The average molecular weight is 592 g/mol. The quantitative estimate of drug-likeness (QED) is 0.215. The maximum atomic E-state index is 13.6. The van der Waals surface area contributed by atoms with Crippen LogP contribution in [-0.2, 0) is 19.8 Å². The molecule has 0 radical (unpaired) electrons. The van der Waals surface area contributed by atoms with E-state index in [0.717, 1.165) is 40.9 Å². The summed E-state index contributed by atoms with van der Waals surface area (Å²) in [7, 11) is 1.36. The number of alkyl halides is 3. The number of rotatable bonds is 11. The number of aromatic nitrogens is 4. The Balaban J connectivity index is 0.00000533. The molecule has 2 aromatic heterocycles. The van der Waals surface area contributed by atoms with Gasteiger partial charge in [0.15, 0.2) is 11.5 Å². The molecule has 212 valence electrons. The van der Waals surface area contributed by atoms with E-state index in [1.807, 2.05) is 0 Å². The van der Waals surface area contributed by atoms with Gasteiger partial charge in [0.05, 0.1) is 34.6 Å². The third-order valence-electron chi connectivity index (χ3n) is 5.47. The molecule has 3 rings (SSSR count). The molecule has 0 saturated heterocycles. The maximum Gasteiger partial charge on any atom is 0.435 e. The molecule has 0 spiro atoms. The van der Waals surface area contributed by atoms with Crippen LogP contribution in [-0.4, -0.2) is 44.2 Å². The topological polar surface area (TPSA) is 120 Å². The zero-order chi connectivity index (χ0) is 28.0. The fourth-order valence-electron chi connectivity index (χ4n) is 3.65. The smallest absolute Gasteiger partial charge is 0.352 e. The molecule has 0 atom stereocenters. The van der Waals surface area contributed by atoms with Crippen LogP contribution >= 0.6 is 24.0 Å². The molecule has 0 aliphatic carbocycles. The number of hydrogen-bond donors (Lipinski definition) is 3. The van der Waals surface area contributed by atoms with Crippen LogP contribution in [0.15, 0.2) is 43.0 Å². The monoisotopic (exact) mass is 591 g/mol. The van der Waals surface area contributed by atoms with Gasteiger partial charge in [-0.2, -0.15) is 18.3 Å². The largest absolute Gasteiger partial charge is 0.435 e. The van der Waals surface area contributed by atoms with Crippen LogP contribution in [0.4, 0.5) is 23.2 Å². The number of amides is 2. The number of carbonyl (C=O) groups excluding carboxylic acids is 2. The first-order chi connectivity index (χ1) is 17.9. The van der Waals surface area contributed by atoms with Crippen LogP contribution < -0.4 is 16.4 Å². The van der Waals surface area contributed by atoms with E-state index in [-0.39, 0.29) is 51.7 Å². The van der Waals surface area contributed by atoms with Gasteiger partial charge in [0, 0.05) is 25.5 Å². The summed E-state index contributed by atoms with van der Waals surface area (Å²) < 4.78 is 55.8. The van der Waals surface area contributed by atoms with Gasteiger partial charge < -0.3 is 20.9 Å². The predicted molar refractivity (Wildman–Crippen MR) is 142 cm³/mol. The number of allylic oxidation sites excluding steroid dienone is 1. The number of hydrogen-bond acceptors (Lipinski definition) is 5. The molecule has 15 heteroatoms. The summed E-state index contributed by atoms with van der Waals surface area (Å²) >= 11 is 6.23. The van der Waals surface area contributed by atoms with Gasteiger partial charge >= 0.3 is 6.18 Å². The van der Waals surface area contributed by atoms with Gasteiger partial charge in [0.25, 0.3) is 11.8 Å². The number of nitrogens with one attached hydrogen (secondary N) is 2. The molecule has 2 amide bonds. The van der Waals surface area contributed by atoms with Crippen LogP contribution in [0.5, 0.6) is 0 Å². The van der Waals surface area contributed by atoms with E-state index in [1.54, 1.807) is 0 Å². The SMILES string of the molecule is C=C(F)Cn1cc(-c2cnc(C(=O)Nc3ccc(C(=O)NCCCCCN)c(Cl)c3)n2C)c(C(F)(F)F)n1.Cl. The minimum Gasteiger partial charge on any atom is -0.352 e. The van der Waals surface area contributed by atoms with Crippen molar-refractivity contribution < 1.29 is 27.2 Å². The number of benzene rings is 1. The lowest BCUT2D eigenvalue weighted by Crippen LogP contribution is -2.25. The Morgan fingerprint density at radius 2 is 1.90 bits per heavy atom. The van der Waals surface area contributed by atoms with Crippen molar-refractivity contribution in [3.63, 3.8) is 0 Å². The molecule has 3 aromatic rings. The van der Waals surface area contributed by atoms with E-state index in [4.69, 9.17) is 17.3 Å². The second-order valence-corrected chi connectivity index (χ2v) is 8.79. The number of anilines is 1. The Bertz CT molecular complexity index is 1340. The second-order valence-electron chi connectivity index (χ2n) is 8.38. The molecule has 39 heavy (non-hydrogen) atoms. The highest BCUT2D eigenvalue weighted by Gasteiger charge is 2.38. The first kappa shape index (κ1) is 31.8. The van der Waals surface area contributed by atoms with Gasteiger partial charge in [-0.05, 0) is 37.6 Å². The van der Waals surface area contributed by atoms with Crippen molar-refractivity contribution in [2.75, 3.05) is 18.4 Å². The molecule has 0 bridgehead atoms. The molecule has 0 unspecified atom stereocenters. The number of nitrogens with zero attached hydrogens (tertiary/aromatic N) is 4. The maximum absolute atomic E-state index is 13.6. The fourth-order valence-corrected chi connectivity index (χ4v) is 3.92. The summed E-state index contributed by atoms with van der Waals surface area (Å²) in [6, 6.07) is 4.29.